The van der Waals surface area contributed by atoms with Gasteiger partial charge in [-0.25, -0.2) is 4.98 Å². The maximum atomic E-state index is 5.58. The molecule has 2 N–H and O–H groups in total. The molecule has 0 unspecified atom stereocenters. The number of rotatable bonds is 4. The summed E-state index contributed by atoms with van der Waals surface area (Å²) in [7, 11) is 0. The van der Waals surface area contributed by atoms with E-state index < -0.39 is 0 Å². The number of anilines is 1. The van der Waals surface area contributed by atoms with Gasteiger partial charge in [0.05, 0.1) is 17.3 Å². The second-order valence-electron chi connectivity index (χ2n) is 3.53. The number of aryl methyl sites for hydroxylation is 1. The molecule has 0 saturated carbocycles. The number of nitrogens with zero attached hydrogens (tertiary/aromatic N) is 1. The molecule has 16 heavy (non-hydrogen) atoms. The molecule has 84 valence electrons. The van der Waals surface area contributed by atoms with Crippen molar-refractivity contribution in [1.29, 1.82) is 0 Å². The largest absolute Gasteiger partial charge is 0.493 e. The third-order valence-corrected chi connectivity index (χ3v) is 3.00. The van der Waals surface area contributed by atoms with Crippen molar-refractivity contribution in [2.45, 2.75) is 13.3 Å². The molecule has 0 spiro atoms. The van der Waals surface area contributed by atoms with Crippen molar-refractivity contribution in [2.75, 3.05) is 12.3 Å². The van der Waals surface area contributed by atoms with Gasteiger partial charge in [-0.3, -0.25) is 0 Å². The molecule has 0 aliphatic rings. The number of ether oxygens (including phenoxy) is 1. The summed E-state index contributed by atoms with van der Waals surface area (Å²) in [5.41, 5.74) is 7.43. The van der Waals surface area contributed by atoms with Crippen LogP contribution < -0.4 is 10.5 Å². The molecule has 1 heterocycles. The Bertz CT molecular complexity index is 450. The van der Waals surface area contributed by atoms with Gasteiger partial charge in [0.2, 0.25) is 0 Å². The normalized spacial score (nSPS) is 10.3. The molecule has 0 atom stereocenters. The smallest absolute Gasteiger partial charge is 0.119 e. The van der Waals surface area contributed by atoms with Gasteiger partial charge in [0.25, 0.3) is 0 Å². The molecule has 0 fully saturated rings. The molecule has 0 bridgehead atoms. The summed E-state index contributed by atoms with van der Waals surface area (Å²) in [4.78, 5) is 4.37. The topological polar surface area (TPSA) is 48.1 Å². The van der Waals surface area contributed by atoms with Crippen molar-refractivity contribution in [1.82, 2.24) is 4.98 Å². The van der Waals surface area contributed by atoms with Crippen LogP contribution in [0, 0.1) is 6.92 Å². The number of hydrogen-bond acceptors (Lipinski definition) is 4. The number of nitrogens with two attached hydrogens (primary N) is 1. The molecule has 1 aromatic heterocycles. The molecular formula is C12H14N2OS. The molecule has 0 aliphatic heterocycles. The van der Waals surface area contributed by atoms with Gasteiger partial charge in [0, 0.05) is 17.5 Å². The van der Waals surface area contributed by atoms with Gasteiger partial charge in [-0.2, -0.15) is 0 Å². The Balaban J connectivity index is 1.82. The third-order valence-electron chi connectivity index (χ3n) is 2.17. The summed E-state index contributed by atoms with van der Waals surface area (Å²) in [6.45, 7) is 2.65. The summed E-state index contributed by atoms with van der Waals surface area (Å²) < 4.78 is 5.58. The standard InChI is InChI=1S/C12H14N2OS/c1-9-14-11(8-16-9)6-7-15-12-4-2-10(13)3-5-12/h2-5,8H,6-7,13H2,1H3. The SMILES string of the molecule is Cc1nc(CCOc2ccc(N)cc2)cs1. The quantitative estimate of drug-likeness (QED) is 0.827. The van der Waals surface area contributed by atoms with Gasteiger partial charge >= 0.3 is 0 Å². The summed E-state index contributed by atoms with van der Waals surface area (Å²) >= 11 is 1.67. The van der Waals surface area contributed by atoms with E-state index in [2.05, 4.69) is 10.4 Å². The monoisotopic (exact) mass is 234 g/mol. The van der Waals surface area contributed by atoms with E-state index >= 15 is 0 Å². The highest BCUT2D eigenvalue weighted by molar-refractivity contribution is 7.09. The van der Waals surface area contributed by atoms with Crippen molar-refractivity contribution in [2.24, 2.45) is 0 Å². The van der Waals surface area contributed by atoms with Crippen LogP contribution in [0.4, 0.5) is 5.69 Å². The van der Waals surface area contributed by atoms with E-state index in [4.69, 9.17) is 10.5 Å². The van der Waals surface area contributed by atoms with Gasteiger partial charge in [0.15, 0.2) is 0 Å². The summed E-state index contributed by atoms with van der Waals surface area (Å²) in [6, 6.07) is 7.42. The molecule has 3 nitrogen and oxygen atoms in total. The molecule has 2 aromatic rings. The summed E-state index contributed by atoms with van der Waals surface area (Å²) in [5, 5.41) is 3.17. The molecule has 1 aromatic carbocycles. The minimum atomic E-state index is 0.646. The van der Waals surface area contributed by atoms with Crippen molar-refractivity contribution in [3.63, 3.8) is 0 Å². The van der Waals surface area contributed by atoms with Crippen LogP contribution in [0.1, 0.15) is 10.7 Å². The van der Waals surface area contributed by atoms with Gasteiger partial charge in [-0.1, -0.05) is 0 Å². The first-order valence-electron chi connectivity index (χ1n) is 5.13. The van der Waals surface area contributed by atoms with Crippen LogP contribution in [0.5, 0.6) is 5.75 Å². The number of thiazole rings is 1. The van der Waals surface area contributed by atoms with Crippen LogP contribution in [-0.2, 0) is 6.42 Å². The molecule has 2 rings (SSSR count). The van der Waals surface area contributed by atoms with E-state index in [0.717, 1.165) is 28.6 Å². The van der Waals surface area contributed by atoms with E-state index in [1.54, 1.807) is 11.3 Å². The van der Waals surface area contributed by atoms with Gasteiger partial charge < -0.3 is 10.5 Å². The Morgan fingerprint density at radius 1 is 1.31 bits per heavy atom. The molecular weight excluding hydrogens is 220 g/mol. The second kappa shape index (κ2) is 4.99. The Morgan fingerprint density at radius 2 is 2.06 bits per heavy atom. The van der Waals surface area contributed by atoms with E-state index in [9.17, 15) is 0 Å². The highest BCUT2D eigenvalue weighted by Gasteiger charge is 1.99. The van der Waals surface area contributed by atoms with Crippen LogP contribution in [-0.4, -0.2) is 11.6 Å². The molecule has 4 heteroatoms. The van der Waals surface area contributed by atoms with Gasteiger partial charge in [-0.15, -0.1) is 11.3 Å². The Hall–Kier alpha value is -1.55. The minimum absolute atomic E-state index is 0.646. The molecule has 0 saturated heterocycles. The predicted molar refractivity (Wildman–Crippen MR) is 66.9 cm³/mol. The summed E-state index contributed by atoms with van der Waals surface area (Å²) in [6.07, 6.45) is 0.842. The predicted octanol–water partition coefficient (Wildman–Crippen LogP) is 2.66. The van der Waals surface area contributed by atoms with Crippen LogP contribution in [0.15, 0.2) is 29.6 Å². The Labute approximate surface area is 98.9 Å². The number of nitrogen functional groups attached to an aromatic ring is 1. The second-order valence-corrected chi connectivity index (χ2v) is 4.59. The highest BCUT2D eigenvalue weighted by atomic mass is 32.1. The first-order chi connectivity index (χ1) is 7.74. The zero-order chi connectivity index (χ0) is 11.4. The molecule has 0 radical (unpaired) electrons. The number of aromatic nitrogens is 1. The lowest BCUT2D eigenvalue weighted by Crippen LogP contribution is -2.01. The summed E-state index contributed by atoms with van der Waals surface area (Å²) in [5.74, 6) is 0.848. The van der Waals surface area contributed by atoms with Crippen molar-refractivity contribution < 1.29 is 4.74 Å². The maximum Gasteiger partial charge on any atom is 0.119 e. The molecule has 0 amide bonds. The first-order valence-corrected chi connectivity index (χ1v) is 6.01. The third kappa shape index (κ3) is 2.97. The van der Waals surface area contributed by atoms with E-state index in [0.29, 0.717) is 6.61 Å². The zero-order valence-corrected chi connectivity index (χ0v) is 9.96. The fourth-order valence-electron chi connectivity index (χ4n) is 1.36. The lowest BCUT2D eigenvalue weighted by molar-refractivity contribution is 0.321. The Kier molecular flexibility index (Phi) is 3.41. The minimum Gasteiger partial charge on any atom is -0.493 e. The fraction of sp³-hybridized carbons (Fsp3) is 0.250. The highest BCUT2D eigenvalue weighted by Crippen LogP contribution is 2.14. The van der Waals surface area contributed by atoms with E-state index in [-0.39, 0.29) is 0 Å². The van der Waals surface area contributed by atoms with Crippen molar-refractivity contribution >= 4 is 17.0 Å². The average molecular weight is 234 g/mol. The van der Waals surface area contributed by atoms with Crippen LogP contribution in [0.25, 0.3) is 0 Å². The average Bonchev–Trinajstić information content (AvgIpc) is 2.67. The lowest BCUT2D eigenvalue weighted by atomic mass is 10.3. The van der Waals surface area contributed by atoms with E-state index in [1.807, 2.05) is 31.2 Å². The van der Waals surface area contributed by atoms with Crippen molar-refractivity contribution in [3.05, 3.63) is 40.3 Å². The lowest BCUT2D eigenvalue weighted by Gasteiger charge is -2.04. The van der Waals surface area contributed by atoms with Gasteiger partial charge in [0.1, 0.15) is 5.75 Å². The fourth-order valence-corrected chi connectivity index (χ4v) is 2.01. The van der Waals surface area contributed by atoms with Crippen LogP contribution in [0.2, 0.25) is 0 Å². The molecule has 0 aliphatic carbocycles. The number of benzene rings is 1. The first kappa shape index (κ1) is 11.0. The number of hydrogen-bond donors (Lipinski definition) is 1. The maximum absolute atomic E-state index is 5.58. The van der Waals surface area contributed by atoms with Gasteiger partial charge in [-0.05, 0) is 31.2 Å². The Morgan fingerprint density at radius 3 is 2.69 bits per heavy atom. The van der Waals surface area contributed by atoms with Crippen LogP contribution >= 0.6 is 11.3 Å². The van der Waals surface area contributed by atoms with Crippen molar-refractivity contribution in [3.8, 4) is 5.75 Å². The van der Waals surface area contributed by atoms with E-state index in [1.165, 1.54) is 0 Å². The van der Waals surface area contributed by atoms with Crippen LogP contribution in [0.3, 0.4) is 0 Å². The zero-order valence-electron chi connectivity index (χ0n) is 9.14.